The zero-order valence-electron chi connectivity index (χ0n) is 14.2. The molecule has 23 heavy (non-hydrogen) atoms. The van der Waals surface area contributed by atoms with Crippen molar-refractivity contribution in [3.63, 3.8) is 0 Å². The molecule has 0 aromatic heterocycles. The first-order valence-corrected chi connectivity index (χ1v) is 10.2. The molecular formula is C17H25NO3S2. The lowest BCUT2D eigenvalue weighted by Crippen LogP contribution is -2.45. The highest BCUT2D eigenvalue weighted by Crippen LogP contribution is 2.30. The van der Waals surface area contributed by atoms with Crippen molar-refractivity contribution >= 4 is 28.7 Å². The molecule has 0 spiro atoms. The molecule has 1 unspecified atom stereocenters. The van der Waals surface area contributed by atoms with Crippen molar-refractivity contribution in [1.29, 1.82) is 0 Å². The average Bonchev–Trinajstić information content (AvgIpc) is 2.97. The van der Waals surface area contributed by atoms with Crippen molar-refractivity contribution in [3.05, 3.63) is 28.8 Å². The largest absolute Gasteiger partial charge is 0.465 e. The van der Waals surface area contributed by atoms with E-state index in [-0.39, 0.29) is 11.2 Å². The van der Waals surface area contributed by atoms with E-state index in [2.05, 4.69) is 4.72 Å². The van der Waals surface area contributed by atoms with E-state index in [9.17, 15) is 9.00 Å². The Morgan fingerprint density at radius 2 is 2.04 bits per heavy atom. The number of benzene rings is 1. The molecule has 1 aliphatic rings. The molecule has 0 bridgehead atoms. The van der Waals surface area contributed by atoms with Gasteiger partial charge in [0.1, 0.15) is 17.0 Å². The summed E-state index contributed by atoms with van der Waals surface area (Å²) in [6, 6.07) is 3.51. The molecule has 2 rings (SSSR count). The van der Waals surface area contributed by atoms with Crippen molar-refractivity contribution in [2.24, 2.45) is 0 Å². The maximum Gasteiger partial charge on any atom is 0.325 e. The van der Waals surface area contributed by atoms with Crippen LogP contribution in [0, 0.1) is 20.8 Å². The summed E-state index contributed by atoms with van der Waals surface area (Å²) in [6.07, 6.45) is 2.03. The summed E-state index contributed by atoms with van der Waals surface area (Å²) in [5.41, 5.74) is 3.11. The lowest BCUT2D eigenvalue weighted by Gasteiger charge is -2.22. The van der Waals surface area contributed by atoms with Crippen LogP contribution < -0.4 is 4.72 Å². The molecule has 0 saturated carbocycles. The van der Waals surface area contributed by atoms with Gasteiger partial charge in [-0.15, -0.1) is 0 Å². The molecule has 1 N–H and O–H groups in total. The summed E-state index contributed by atoms with van der Waals surface area (Å²) in [5, 5.41) is 0.129. The predicted octanol–water partition coefficient (Wildman–Crippen LogP) is 3.05. The normalized spacial score (nSPS) is 20.3. The molecule has 1 heterocycles. The molecule has 0 radical (unpaired) electrons. The van der Waals surface area contributed by atoms with E-state index in [1.807, 2.05) is 32.9 Å². The van der Waals surface area contributed by atoms with Gasteiger partial charge in [0, 0.05) is 5.25 Å². The number of aryl methyl sites for hydroxylation is 3. The summed E-state index contributed by atoms with van der Waals surface area (Å²) in [4.78, 5) is 13.1. The molecule has 0 amide bonds. The van der Waals surface area contributed by atoms with E-state index in [1.54, 1.807) is 18.7 Å². The molecule has 3 atom stereocenters. The van der Waals surface area contributed by atoms with Crippen LogP contribution in [0.15, 0.2) is 17.0 Å². The monoisotopic (exact) mass is 355 g/mol. The van der Waals surface area contributed by atoms with Gasteiger partial charge in [-0.1, -0.05) is 17.7 Å². The Bertz CT molecular complexity index is 574. The summed E-state index contributed by atoms with van der Waals surface area (Å²) < 4.78 is 21.1. The Morgan fingerprint density at radius 1 is 1.39 bits per heavy atom. The Balaban J connectivity index is 2.22. The topological polar surface area (TPSA) is 55.4 Å². The van der Waals surface area contributed by atoms with Gasteiger partial charge in [-0.3, -0.25) is 4.79 Å². The smallest absolute Gasteiger partial charge is 0.325 e. The Labute approximate surface area is 145 Å². The van der Waals surface area contributed by atoms with Gasteiger partial charge < -0.3 is 4.74 Å². The standard InChI is InChI=1S/C17H25NO3S2/c1-5-21-17(19)15(14-7-6-8-22-14)18-23(20)16-12(3)9-11(2)10-13(16)4/h9-10,14-15,18H,5-8H2,1-4H3/t14?,15-,23-/m0/s1. The number of esters is 1. The highest BCUT2D eigenvalue weighted by Gasteiger charge is 2.34. The molecule has 128 valence electrons. The highest BCUT2D eigenvalue weighted by molar-refractivity contribution is 8.00. The van der Waals surface area contributed by atoms with Crippen LogP contribution in [-0.2, 0) is 20.5 Å². The fourth-order valence-corrected chi connectivity index (χ4v) is 5.75. The van der Waals surface area contributed by atoms with Crippen LogP contribution in [0.1, 0.15) is 36.5 Å². The first-order chi connectivity index (χ1) is 10.9. The highest BCUT2D eigenvalue weighted by atomic mass is 32.2. The van der Waals surface area contributed by atoms with Crippen LogP contribution in [-0.4, -0.2) is 33.8 Å². The van der Waals surface area contributed by atoms with Gasteiger partial charge in [0.25, 0.3) is 0 Å². The van der Waals surface area contributed by atoms with Crippen molar-refractivity contribution in [2.75, 3.05) is 12.4 Å². The van der Waals surface area contributed by atoms with Gasteiger partial charge in [-0.25, -0.2) is 8.93 Å². The molecule has 1 aliphatic heterocycles. The maximum absolute atomic E-state index is 12.9. The maximum atomic E-state index is 12.9. The van der Waals surface area contributed by atoms with E-state index >= 15 is 0 Å². The second kappa shape index (κ2) is 8.31. The number of hydrogen-bond donors (Lipinski definition) is 1. The lowest BCUT2D eigenvalue weighted by molar-refractivity contribution is -0.145. The van der Waals surface area contributed by atoms with Gasteiger partial charge in [0.2, 0.25) is 0 Å². The Kier molecular flexibility index (Phi) is 6.68. The average molecular weight is 356 g/mol. The van der Waals surface area contributed by atoms with Crippen molar-refractivity contribution in [2.45, 2.75) is 56.7 Å². The minimum absolute atomic E-state index is 0.129. The minimum atomic E-state index is -1.43. The summed E-state index contributed by atoms with van der Waals surface area (Å²) in [6.45, 7) is 8.07. The SMILES string of the molecule is CCOC(=O)[C@@H](N[S@@](=O)c1c(C)cc(C)cc1C)C1CCCS1. The molecule has 1 aromatic carbocycles. The van der Waals surface area contributed by atoms with Crippen LogP contribution in [0.2, 0.25) is 0 Å². The van der Waals surface area contributed by atoms with Crippen molar-refractivity contribution < 1.29 is 13.7 Å². The Morgan fingerprint density at radius 3 is 2.57 bits per heavy atom. The van der Waals surface area contributed by atoms with Crippen LogP contribution in [0.3, 0.4) is 0 Å². The number of carbonyl (C=O) groups is 1. The van der Waals surface area contributed by atoms with E-state index in [0.29, 0.717) is 6.61 Å². The Hall–Kier alpha value is -0.850. The van der Waals surface area contributed by atoms with E-state index in [1.165, 1.54) is 0 Å². The fraction of sp³-hybridized carbons (Fsp3) is 0.588. The van der Waals surface area contributed by atoms with Crippen LogP contribution in [0.5, 0.6) is 0 Å². The summed E-state index contributed by atoms with van der Waals surface area (Å²) >= 11 is 1.75. The summed E-state index contributed by atoms with van der Waals surface area (Å²) in [5.74, 6) is 0.736. The second-order valence-corrected chi connectivity index (χ2v) is 8.42. The zero-order valence-corrected chi connectivity index (χ0v) is 15.8. The molecule has 1 fully saturated rings. The third-order valence-corrected chi connectivity index (χ3v) is 6.84. The molecular weight excluding hydrogens is 330 g/mol. The summed E-state index contributed by atoms with van der Waals surface area (Å²) in [7, 11) is -1.43. The van der Waals surface area contributed by atoms with Gasteiger partial charge in [0.15, 0.2) is 0 Å². The third kappa shape index (κ3) is 4.58. The molecule has 1 aromatic rings. The van der Waals surface area contributed by atoms with Crippen LogP contribution in [0.25, 0.3) is 0 Å². The van der Waals surface area contributed by atoms with E-state index in [4.69, 9.17) is 4.74 Å². The predicted molar refractivity (Wildman–Crippen MR) is 96.1 cm³/mol. The molecule has 0 aliphatic carbocycles. The van der Waals surface area contributed by atoms with E-state index in [0.717, 1.165) is 40.2 Å². The number of hydrogen-bond acceptors (Lipinski definition) is 4. The van der Waals surface area contributed by atoms with Crippen molar-refractivity contribution in [3.8, 4) is 0 Å². The van der Waals surface area contributed by atoms with E-state index < -0.39 is 17.0 Å². The van der Waals surface area contributed by atoms with Gasteiger partial charge in [-0.2, -0.15) is 11.8 Å². The van der Waals surface area contributed by atoms with Gasteiger partial charge in [-0.05, 0) is 57.4 Å². The second-order valence-electron chi connectivity index (χ2n) is 5.90. The quantitative estimate of drug-likeness (QED) is 0.797. The van der Waals surface area contributed by atoms with Crippen molar-refractivity contribution in [1.82, 2.24) is 4.72 Å². The first kappa shape index (κ1) is 18.5. The molecule has 4 nitrogen and oxygen atoms in total. The molecule has 6 heteroatoms. The number of carbonyl (C=O) groups excluding carboxylic acids is 1. The fourth-order valence-electron chi connectivity index (χ4n) is 3.01. The number of rotatable bonds is 6. The number of thioether (sulfide) groups is 1. The van der Waals surface area contributed by atoms with Gasteiger partial charge >= 0.3 is 5.97 Å². The molecule has 1 saturated heterocycles. The number of nitrogens with one attached hydrogen (secondary N) is 1. The minimum Gasteiger partial charge on any atom is -0.465 e. The van der Waals surface area contributed by atoms with Crippen LogP contribution in [0.4, 0.5) is 0 Å². The number of ether oxygens (including phenoxy) is 1. The van der Waals surface area contributed by atoms with Crippen LogP contribution >= 0.6 is 11.8 Å². The van der Waals surface area contributed by atoms with Gasteiger partial charge in [0.05, 0.1) is 11.5 Å². The zero-order chi connectivity index (χ0) is 17.0. The third-order valence-electron chi connectivity index (χ3n) is 3.90. The lowest BCUT2D eigenvalue weighted by atomic mass is 10.1. The first-order valence-electron chi connectivity index (χ1n) is 7.98.